The lowest BCUT2D eigenvalue weighted by Gasteiger charge is -2.09. The van der Waals surface area contributed by atoms with Gasteiger partial charge >= 0.3 is 5.97 Å². The van der Waals surface area contributed by atoms with Crippen LogP contribution in [0.3, 0.4) is 0 Å². The van der Waals surface area contributed by atoms with Gasteiger partial charge in [-0.3, -0.25) is 10.1 Å². The predicted octanol–water partition coefficient (Wildman–Crippen LogP) is 1.89. The third kappa shape index (κ3) is 31.2. The molecule has 0 aliphatic rings. The van der Waals surface area contributed by atoms with E-state index in [9.17, 15) is 14.9 Å². The molecule has 50 heavy (non-hydrogen) atoms. The average Bonchev–Trinajstić information content (AvgIpc) is 3.13. The van der Waals surface area contributed by atoms with Gasteiger partial charge in [0, 0.05) is 18.2 Å². The largest absolute Gasteiger partial charge is 0.491 e. The zero-order valence-corrected chi connectivity index (χ0v) is 29.0. The van der Waals surface area contributed by atoms with Crippen LogP contribution in [0, 0.1) is 10.1 Å². The number of rotatable bonds is 39. The van der Waals surface area contributed by atoms with Crippen molar-refractivity contribution in [1.82, 2.24) is 0 Å². The van der Waals surface area contributed by atoms with E-state index in [-0.39, 0.29) is 12.3 Å². The number of nitro benzene ring substituents is 1. The van der Waals surface area contributed by atoms with Crippen LogP contribution >= 0.6 is 0 Å². The van der Waals surface area contributed by atoms with Gasteiger partial charge in [0.05, 0.1) is 150 Å². The molecule has 0 aromatic heterocycles. The van der Waals surface area contributed by atoms with Gasteiger partial charge in [0.25, 0.3) is 5.69 Å². The van der Waals surface area contributed by atoms with Gasteiger partial charge in [-0.05, 0) is 12.1 Å². The van der Waals surface area contributed by atoms with Gasteiger partial charge in [-0.15, -0.1) is 0 Å². The first-order valence-corrected chi connectivity index (χ1v) is 16.6. The first kappa shape index (κ1) is 45.2. The molecule has 17 nitrogen and oxygen atoms in total. The predicted molar refractivity (Wildman–Crippen MR) is 179 cm³/mol. The van der Waals surface area contributed by atoms with Crippen LogP contribution in [0.4, 0.5) is 5.69 Å². The summed E-state index contributed by atoms with van der Waals surface area (Å²) in [5.74, 6) is 0.0856. The second kappa shape index (κ2) is 36.0. The maximum atomic E-state index is 10.8. The van der Waals surface area contributed by atoms with Crippen molar-refractivity contribution in [1.29, 1.82) is 0 Å². The number of hydrogen-bond donors (Lipinski definition) is 0. The van der Waals surface area contributed by atoms with Crippen molar-refractivity contribution in [2.24, 2.45) is 0 Å². The van der Waals surface area contributed by atoms with Gasteiger partial charge in [-0.2, -0.15) is 0 Å². The smallest absolute Gasteiger partial charge is 0.330 e. The molecule has 0 N–H and O–H groups in total. The molecule has 0 saturated carbocycles. The fourth-order valence-electron chi connectivity index (χ4n) is 3.44. The third-order valence-electron chi connectivity index (χ3n) is 5.90. The molecule has 0 unspecified atom stereocenters. The van der Waals surface area contributed by atoms with Gasteiger partial charge in [-0.1, -0.05) is 6.58 Å². The average molecular weight is 722 g/mol. The van der Waals surface area contributed by atoms with Gasteiger partial charge < -0.3 is 61.6 Å². The Morgan fingerprint density at radius 3 is 1.00 bits per heavy atom. The van der Waals surface area contributed by atoms with Crippen LogP contribution in [-0.4, -0.2) is 169 Å². The molecule has 0 saturated heterocycles. The van der Waals surface area contributed by atoms with Crippen LogP contribution in [0.1, 0.15) is 0 Å². The summed E-state index contributed by atoms with van der Waals surface area (Å²) < 4.78 is 69.9. The Morgan fingerprint density at radius 1 is 0.480 bits per heavy atom. The maximum Gasteiger partial charge on any atom is 0.330 e. The van der Waals surface area contributed by atoms with Crippen LogP contribution in [0.2, 0.25) is 0 Å². The molecule has 0 fully saturated rings. The lowest BCUT2D eigenvalue weighted by Crippen LogP contribution is -2.15. The highest BCUT2D eigenvalue weighted by molar-refractivity contribution is 5.81. The van der Waals surface area contributed by atoms with Gasteiger partial charge in [0.1, 0.15) is 19.0 Å². The highest BCUT2D eigenvalue weighted by atomic mass is 16.6. The molecular formula is C33H55NO16. The molecule has 0 amide bonds. The molecular weight excluding hydrogens is 666 g/mol. The SMILES string of the molecule is C=CC(=O)OCCOCCOCCOCCOCCOCCOCCOCCOCCOCCOCCOCCOc1ccc([N+](=O)[O-])cc1. The van der Waals surface area contributed by atoms with E-state index in [0.717, 1.165) is 6.08 Å². The molecule has 17 heteroatoms. The van der Waals surface area contributed by atoms with Crippen molar-refractivity contribution in [3.05, 3.63) is 47.0 Å². The van der Waals surface area contributed by atoms with Crippen molar-refractivity contribution in [2.75, 3.05) is 159 Å². The highest BCUT2D eigenvalue weighted by Crippen LogP contribution is 2.17. The second-order valence-electron chi connectivity index (χ2n) is 9.71. The topological polar surface area (TPSA) is 180 Å². The Hall–Kier alpha value is -2.81. The van der Waals surface area contributed by atoms with E-state index in [1.807, 2.05) is 0 Å². The van der Waals surface area contributed by atoms with Gasteiger partial charge in [-0.25, -0.2) is 4.79 Å². The maximum absolute atomic E-state index is 10.8. The van der Waals surface area contributed by atoms with Crippen LogP contribution in [0.25, 0.3) is 0 Å². The van der Waals surface area contributed by atoms with Crippen molar-refractivity contribution in [3.63, 3.8) is 0 Å². The van der Waals surface area contributed by atoms with E-state index in [2.05, 4.69) is 6.58 Å². The van der Waals surface area contributed by atoms with Crippen molar-refractivity contribution in [3.8, 4) is 5.75 Å². The molecule has 0 bridgehead atoms. The lowest BCUT2D eigenvalue weighted by molar-refractivity contribution is -0.384. The Balaban J connectivity index is 1.64. The number of nitrogens with zero attached hydrogens (tertiary/aromatic N) is 1. The number of benzene rings is 1. The summed E-state index contributed by atoms with van der Waals surface area (Å²) in [7, 11) is 0. The van der Waals surface area contributed by atoms with E-state index in [4.69, 9.17) is 61.6 Å². The fourth-order valence-corrected chi connectivity index (χ4v) is 3.44. The third-order valence-corrected chi connectivity index (χ3v) is 5.90. The Bertz CT molecular complexity index is 924. The molecule has 1 aromatic carbocycles. The van der Waals surface area contributed by atoms with Crippen LogP contribution in [0.5, 0.6) is 5.75 Å². The number of non-ortho nitro benzene ring substituents is 1. The van der Waals surface area contributed by atoms with Gasteiger partial charge in [0.15, 0.2) is 0 Å². The molecule has 0 aliphatic carbocycles. The minimum Gasteiger partial charge on any atom is -0.491 e. The second-order valence-corrected chi connectivity index (χ2v) is 9.71. The van der Waals surface area contributed by atoms with Gasteiger partial charge in [0.2, 0.25) is 0 Å². The van der Waals surface area contributed by atoms with Crippen LogP contribution < -0.4 is 4.74 Å². The van der Waals surface area contributed by atoms with E-state index in [0.29, 0.717) is 158 Å². The zero-order valence-electron chi connectivity index (χ0n) is 29.0. The summed E-state index contributed by atoms with van der Waals surface area (Å²) in [5, 5.41) is 10.6. The normalized spacial score (nSPS) is 11.1. The summed E-state index contributed by atoms with van der Waals surface area (Å²) in [6.07, 6.45) is 1.11. The highest BCUT2D eigenvalue weighted by Gasteiger charge is 2.04. The Kier molecular flexibility index (Phi) is 32.5. The quantitative estimate of drug-likeness (QED) is 0.0316. The molecule has 0 aliphatic heterocycles. The molecule has 0 radical (unpaired) electrons. The monoisotopic (exact) mass is 721 g/mol. The summed E-state index contributed by atoms with van der Waals surface area (Å²) in [5.41, 5.74) is 0.0213. The Morgan fingerprint density at radius 2 is 0.740 bits per heavy atom. The number of hydrogen-bond acceptors (Lipinski definition) is 16. The molecule has 0 atom stereocenters. The number of carbonyl (C=O) groups is 1. The van der Waals surface area contributed by atoms with Crippen molar-refractivity contribution < 1.29 is 71.3 Å². The Labute approximate surface area is 294 Å². The van der Waals surface area contributed by atoms with Crippen LogP contribution in [-0.2, 0) is 61.6 Å². The zero-order chi connectivity index (χ0) is 36.0. The molecule has 1 rings (SSSR count). The first-order chi connectivity index (χ1) is 24.6. The van der Waals surface area contributed by atoms with E-state index >= 15 is 0 Å². The van der Waals surface area contributed by atoms with E-state index in [1.165, 1.54) is 12.1 Å². The first-order valence-electron chi connectivity index (χ1n) is 16.6. The standard InChI is InChI=1S/C33H55NO16/c1-2-33(35)50-30-28-48-26-24-46-22-20-44-18-16-42-14-12-40-10-8-38-7-9-39-11-13-41-15-17-43-19-21-45-23-25-47-27-29-49-32-5-3-31(4-6-32)34(36)37/h2-6H,1,7-30H2. The molecule has 0 spiro atoms. The van der Waals surface area contributed by atoms with Crippen LogP contribution in [0.15, 0.2) is 36.9 Å². The summed E-state index contributed by atoms with van der Waals surface area (Å²) in [6.45, 7) is 13.8. The number of ether oxygens (including phenoxy) is 13. The molecule has 1 aromatic rings. The van der Waals surface area contributed by atoms with Crippen molar-refractivity contribution in [2.45, 2.75) is 0 Å². The van der Waals surface area contributed by atoms with Crippen molar-refractivity contribution >= 4 is 11.7 Å². The number of esters is 1. The lowest BCUT2D eigenvalue weighted by atomic mass is 10.3. The fraction of sp³-hybridized carbons (Fsp3) is 0.727. The molecule has 288 valence electrons. The summed E-state index contributed by atoms with van der Waals surface area (Å²) >= 11 is 0. The number of nitro groups is 1. The van der Waals surface area contributed by atoms with E-state index < -0.39 is 10.9 Å². The van der Waals surface area contributed by atoms with E-state index in [1.54, 1.807) is 12.1 Å². The minimum atomic E-state index is -0.465. The number of carbonyl (C=O) groups excluding carboxylic acids is 1. The summed E-state index contributed by atoms with van der Waals surface area (Å²) in [4.78, 5) is 21.0. The summed E-state index contributed by atoms with van der Waals surface area (Å²) in [6, 6.07) is 5.89. The minimum absolute atomic E-state index is 0.0213. The molecule has 0 heterocycles.